The van der Waals surface area contributed by atoms with Gasteiger partial charge in [-0.1, -0.05) is 30.3 Å². The van der Waals surface area contributed by atoms with Crippen LogP contribution in [0.2, 0.25) is 0 Å². The molecule has 22 heavy (non-hydrogen) atoms. The Balaban J connectivity index is 2.82. The number of hydrogen-bond donors (Lipinski definition) is 3. The third-order valence-corrected chi connectivity index (χ3v) is 2.90. The van der Waals surface area contributed by atoms with Crippen molar-refractivity contribution in [2.24, 2.45) is 0 Å². The largest absolute Gasteiger partial charge is 0.444 e. The first kappa shape index (κ1) is 18.0. The lowest BCUT2D eigenvalue weighted by molar-refractivity contribution is -0.130. The molecule has 1 rings (SSSR count). The third-order valence-electron chi connectivity index (χ3n) is 2.90. The third kappa shape index (κ3) is 6.13. The van der Waals surface area contributed by atoms with Crippen LogP contribution in [0.5, 0.6) is 0 Å². The van der Waals surface area contributed by atoms with E-state index in [1.54, 1.807) is 20.8 Å². The number of ether oxygens (including phenoxy) is 1. The maximum atomic E-state index is 11.9. The Morgan fingerprint density at radius 3 is 2.32 bits per heavy atom. The maximum absolute atomic E-state index is 11.9. The van der Waals surface area contributed by atoms with Crippen LogP contribution in [0.4, 0.5) is 4.79 Å². The molecule has 0 aliphatic heterocycles. The summed E-state index contributed by atoms with van der Waals surface area (Å²) in [6, 6.07) is 8.52. The molecule has 0 aromatic heterocycles. The fraction of sp³-hybridized carbons (Fsp3) is 0.500. The Labute approximate surface area is 130 Å². The molecule has 0 bridgehead atoms. The number of carbonyl (C=O) groups excluding carboxylic acids is 2. The Kier molecular flexibility index (Phi) is 6.37. The average Bonchev–Trinajstić information content (AvgIpc) is 2.44. The van der Waals surface area contributed by atoms with Crippen LogP contribution < -0.4 is 10.6 Å². The number of carbonyl (C=O) groups is 2. The molecule has 2 atom stereocenters. The molecule has 6 nitrogen and oxygen atoms in total. The van der Waals surface area contributed by atoms with Gasteiger partial charge in [-0.15, -0.1) is 0 Å². The smallest absolute Gasteiger partial charge is 0.407 e. The van der Waals surface area contributed by atoms with Gasteiger partial charge in [-0.25, -0.2) is 4.79 Å². The van der Waals surface area contributed by atoms with E-state index in [-0.39, 0.29) is 0 Å². The molecule has 6 heteroatoms. The van der Waals surface area contributed by atoms with Gasteiger partial charge in [0.25, 0.3) is 5.91 Å². The molecule has 0 fully saturated rings. The Morgan fingerprint density at radius 1 is 1.23 bits per heavy atom. The highest BCUT2D eigenvalue weighted by Gasteiger charge is 2.29. The van der Waals surface area contributed by atoms with Crippen LogP contribution in [0.3, 0.4) is 0 Å². The van der Waals surface area contributed by atoms with Crippen LogP contribution in [-0.2, 0) is 16.0 Å². The summed E-state index contributed by atoms with van der Waals surface area (Å²) >= 11 is 0. The van der Waals surface area contributed by atoms with E-state index in [1.165, 1.54) is 7.05 Å². The first-order chi connectivity index (χ1) is 10.2. The van der Waals surface area contributed by atoms with Gasteiger partial charge >= 0.3 is 6.09 Å². The minimum atomic E-state index is -1.36. The van der Waals surface area contributed by atoms with E-state index in [0.29, 0.717) is 6.42 Å². The Hall–Kier alpha value is -2.08. The predicted octanol–water partition coefficient (Wildman–Crippen LogP) is 1.23. The zero-order valence-electron chi connectivity index (χ0n) is 13.4. The highest BCUT2D eigenvalue weighted by atomic mass is 16.6. The molecule has 0 aliphatic rings. The summed E-state index contributed by atoms with van der Waals surface area (Å²) < 4.78 is 5.18. The Morgan fingerprint density at radius 2 is 1.82 bits per heavy atom. The number of aliphatic hydroxyl groups is 1. The molecule has 0 saturated carbocycles. The fourth-order valence-corrected chi connectivity index (χ4v) is 1.90. The second-order valence-electron chi connectivity index (χ2n) is 6.00. The lowest BCUT2D eigenvalue weighted by Gasteiger charge is -2.26. The molecule has 0 heterocycles. The molecule has 0 aliphatic carbocycles. The molecule has 1 aromatic rings. The average molecular weight is 308 g/mol. The standard InChI is InChI=1S/C16H24N2O4/c1-16(2,3)22-15(21)18-12(13(19)14(20)17-4)10-11-8-6-5-7-9-11/h5-9,12-13,19H,10H2,1-4H3,(H,17,20)(H,18,21)/t12?,13-/m0/s1. The lowest BCUT2D eigenvalue weighted by Crippen LogP contribution is -2.52. The highest BCUT2D eigenvalue weighted by Crippen LogP contribution is 2.10. The van der Waals surface area contributed by atoms with Crippen LogP contribution in [0.25, 0.3) is 0 Å². The van der Waals surface area contributed by atoms with Crippen molar-refractivity contribution in [1.29, 1.82) is 0 Å². The molecule has 122 valence electrons. The summed E-state index contributed by atoms with van der Waals surface area (Å²) in [5, 5.41) is 15.0. The van der Waals surface area contributed by atoms with Gasteiger partial charge in [0.05, 0.1) is 6.04 Å². The number of nitrogens with one attached hydrogen (secondary N) is 2. The number of alkyl carbamates (subject to hydrolysis) is 1. The van der Waals surface area contributed by atoms with E-state index in [0.717, 1.165) is 5.56 Å². The number of hydrogen-bond acceptors (Lipinski definition) is 4. The van der Waals surface area contributed by atoms with Crippen molar-refractivity contribution < 1.29 is 19.4 Å². The van der Waals surface area contributed by atoms with E-state index in [9.17, 15) is 14.7 Å². The maximum Gasteiger partial charge on any atom is 0.407 e. The number of likely N-dealkylation sites (N-methyl/N-ethyl adjacent to an activating group) is 1. The van der Waals surface area contributed by atoms with E-state index in [2.05, 4.69) is 10.6 Å². The van der Waals surface area contributed by atoms with Gasteiger partial charge in [0.2, 0.25) is 0 Å². The van der Waals surface area contributed by atoms with Crippen molar-refractivity contribution in [3.8, 4) is 0 Å². The molecule has 0 radical (unpaired) electrons. The zero-order chi connectivity index (χ0) is 16.8. The van der Waals surface area contributed by atoms with Crippen molar-refractivity contribution >= 4 is 12.0 Å². The van der Waals surface area contributed by atoms with Crippen LogP contribution in [0.1, 0.15) is 26.3 Å². The van der Waals surface area contributed by atoms with Crippen LogP contribution in [-0.4, -0.2) is 41.9 Å². The van der Waals surface area contributed by atoms with E-state index in [4.69, 9.17) is 4.74 Å². The van der Waals surface area contributed by atoms with E-state index >= 15 is 0 Å². The fourth-order valence-electron chi connectivity index (χ4n) is 1.90. The summed E-state index contributed by atoms with van der Waals surface area (Å²) in [5.41, 5.74) is 0.241. The topological polar surface area (TPSA) is 87.7 Å². The number of amides is 2. The van der Waals surface area contributed by atoms with Crippen molar-refractivity contribution in [3.05, 3.63) is 35.9 Å². The quantitative estimate of drug-likeness (QED) is 0.763. The van der Waals surface area contributed by atoms with Gasteiger partial charge < -0.3 is 20.5 Å². The molecule has 0 saturated heterocycles. The summed E-state index contributed by atoms with van der Waals surface area (Å²) in [7, 11) is 1.43. The summed E-state index contributed by atoms with van der Waals surface area (Å²) in [6.45, 7) is 5.23. The minimum Gasteiger partial charge on any atom is -0.444 e. The zero-order valence-corrected chi connectivity index (χ0v) is 13.4. The monoisotopic (exact) mass is 308 g/mol. The van der Waals surface area contributed by atoms with Crippen molar-refractivity contribution in [2.45, 2.75) is 44.9 Å². The summed E-state index contributed by atoms with van der Waals surface area (Å²) in [4.78, 5) is 23.6. The van der Waals surface area contributed by atoms with Gasteiger partial charge in [0, 0.05) is 7.05 Å². The lowest BCUT2D eigenvalue weighted by atomic mass is 10.0. The number of rotatable bonds is 5. The molecule has 3 N–H and O–H groups in total. The number of aliphatic hydroxyl groups excluding tert-OH is 1. The molecular weight excluding hydrogens is 284 g/mol. The predicted molar refractivity (Wildman–Crippen MR) is 83.4 cm³/mol. The van der Waals surface area contributed by atoms with Gasteiger partial charge in [-0.2, -0.15) is 0 Å². The van der Waals surface area contributed by atoms with E-state index < -0.39 is 29.7 Å². The molecule has 1 aromatic carbocycles. The second kappa shape index (κ2) is 7.79. The summed E-state index contributed by atoms with van der Waals surface area (Å²) in [5.74, 6) is -0.558. The van der Waals surface area contributed by atoms with Crippen molar-refractivity contribution in [3.63, 3.8) is 0 Å². The van der Waals surface area contributed by atoms with E-state index in [1.807, 2.05) is 30.3 Å². The SMILES string of the molecule is CNC(=O)[C@@H](O)C(Cc1ccccc1)NC(=O)OC(C)(C)C. The minimum absolute atomic E-state index is 0.314. The van der Waals surface area contributed by atoms with Crippen molar-refractivity contribution in [2.75, 3.05) is 7.05 Å². The Bertz CT molecular complexity index is 497. The normalized spacial score (nSPS) is 13.9. The number of benzene rings is 1. The highest BCUT2D eigenvalue weighted by molar-refractivity contribution is 5.82. The second-order valence-corrected chi connectivity index (χ2v) is 6.00. The van der Waals surface area contributed by atoms with Crippen LogP contribution >= 0.6 is 0 Å². The molecular formula is C16H24N2O4. The molecule has 1 unspecified atom stereocenters. The van der Waals surface area contributed by atoms with Crippen LogP contribution in [0.15, 0.2) is 30.3 Å². The first-order valence-electron chi connectivity index (χ1n) is 7.16. The summed E-state index contributed by atoms with van der Waals surface area (Å²) in [6.07, 6.45) is -1.72. The molecule has 0 spiro atoms. The van der Waals surface area contributed by atoms with Gasteiger partial charge in [-0.05, 0) is 32.8 Å². The molecule has 2 amide bonds. The first-order valence-corrected chi connectivity index (χ1v) is 7.16. The van der Waals surface area contributed by atoms with Gasteiger partial charge in [0.15, 0.2) is 6.10 Å². The van der Waals surface area contributed by atoms with Gasteiger partial charge in [0.1, 0.15) is 5.60 Å². The van der Waals surface area contributed by atoms with Gasteiger partial charge in [-0.3, -0.25) is 4.79 Å². The van der Waals surface area contributed by atoms with Crippen molar-refractivity contribution in [1.82, 2.24) is 10.6 Å². The van der Waals surface area contributed by atoms with Crippen LogP contribution in [0, 0.1) is 0 Å².